The second-order valence-corrected chi connectivity index (χ2v) is 22.1. The molecule has 2 aromatic heterocycles. The molecule has 3 fully saturated rings. The molecule has 0 spiro atoms. The first kappa shape index (κ1) is 44.5. The molecule has 0 unspecified atom stereocenters. The average molecular weight is 880 g/mol. The Bertz CT molecular complexity index is 2330. The maximum atomic E-state index is 14.7. The quantitative estimate of drug-likeness (QED) is 0.186. The lowest BCUT2D eigenvalue weighted by Gasteiger charge is -2.30. The summed E-state index contributed by atoms with van der Waals surface area (Å²) in [5.41, 5.74) is 1.19. The summed E-state index contributed by atoms with van der Waals surface area (Å²) in [6, 6.07) is 4.09. The Morgan fingerprint density at radius 2 is 1.87 bits per heavy atom. The van der Waals surface area contributed by atoms with Crippen LogP contribution in [0.2, 0.25) is 0 Å². The van der Waals surface area contributed by atoms with E-state index in [0.29, 0.717) is 38.1 Å². The molecule has 2 saturated carbocycles. The van der Waals surface area contributed by atoms with Gasteiger partial charge in [-0.05, 0) is 106 Å². The van der Waals surface area contributed by atoms with Gasteiger partial charge in [0.15, 0.2) is 0 Å². The van der Waals surface area contributed by atoms with E-state index in [2.05, 4.69) is 29.2 Å². The van der Waals surface area contributed by atoms with Gasteiger partial charge in [0.1, 0.15) is 39.9 Å². The van der Waals surface area contributed by atoms with Crippen molar-refractivity contribution in [3.8, 4) is 16.6 Å². The topological polar surface area (TPSA) is 191 Å². The predicted molar refractivity (Wildman–Crippen MR) is 234 cm³/mol. The number of amides is 4. The first-order valence-corrected chi connectivity index (χ1v) is 24.1. The molecule has 15 nitrogen and oxygen atoms in total. The van der Waals surface area contributed by atoms with Crippen molar-refractivity contribution in [1.29, 1.82) is 0 Å². The van der Waals surface area contributed by atoms with Gasteiger partial charge in [0.2, 0.25) is 21.8 Å². The highest BCUT2D eigenvalue weighted by molar-refractivity contribution is 7.91. The van der Waals surface area contributed by atoms with Crippen LogP contribution in [0.5, 0.6) is 6.01 Å². The molecule has 4 heterocycles. The number of para-hydroxylation sites is 1. The van der Waals surface area contributed by atoms with Crippen molar-refractivity contribution in [1.82, 2.24) is 34.8 Å². The van der Waals surface area contributed by atoms with Gasteiger partial charge < -0.3 is 25.0 Å². The highest BCUT2D eigenvalue weighted by atomic mass is 32.2. The number of aryl methyl sites for hydroxylation is 2. The molecule has 5 atom stereocenters. The van der Waals surface area contributed by atoms with Crippen LogP contribution in [0.1, 0.15) is 129 Å². The van der Waals surface area contributed by atoms with E-state index >= 15 is 0 Å². The maximum absolute atomic E-state index is 14.7. The van der Waals surface area contributed by atoms with Crippen LogP contribution in [0, 0.1) is 12.8 Å². The van der Waals surface area contributed by atoms with Crippen molar-refractivity contribution in [3.63, 3.8) is 0 Å². The first-order chi connectivity index (χ1) is 28.8. The number of benzene rings is 1. The average Bonchev–Trinajstić information content (AvgIpc) is 3.91. The minimum Gasteiger partial charge on any atom is -0.459 e. The second-order valence-electron chi connectivity index (χ2n) is 18.7. The SMILES string of the molecule is CCCc1nc(-c2cccc3c2nc(O[C@@H]2C[C@H]4C(=O)N[C@]5(C(=O)NS(=O)(=O)C6(C)CC6)C[C@H]5/C=C\CCCCC[C@H](NC(=O)OC(C)(C)C)C(=O)N4C2)n3C(C)C)sc1C. The first-order valence-electron chi connectivity index (χ1n) is 21.8. The number of hydrogen-bond donors (Lipinski definition) is 3. The molecule has 17 heteroatoms. The van der Waals surface area contributed by atoms with Gasteiger partial charge in [-0.3, -0.25) is 23.7 Å². The number of rotatable bonds is 10. The van der Waals surface area contributed by atoms with Gasteiger partial charge in [-0.2, -0.15) is 4.98 Å². The number of nitrogens with zero attached hydrogens (tertiary/aromatic N) is 4. The fourth-order valence-corrected chi connectivity index (χ4v) is 10.7. The van der Waals surface area contributed by atoms with Crippen molar-refractivity contribution in [2.45, 2.75) is 166 Å². The van der Waals surface area contributed by atoms with Crippen LogP contribution in [-0.2, 0) is 35.6 Å². The molecular formula is C44H61N7O8S2. The molecule has 0 bridgehead atoms. The summed E-state index contributed by atoms with van der Waals surface area (Å²) in [7, 11) is -4.00. The zero-order valence-electron chi connectivity index (χ0n) is 36.6. The summed E-state index contributed by atoms with van der Waals surface area (Å²) in [6.07, 6.45) is 8.54. The lowest BCUT2D eigenvalue weighted by molar-refractivity contribution is -0.141. The second kappa shape index (κ2) is 17.0. The van der Waals surface area contributed by atoms with Gasteiger partial charge >= 0.3 is 6.09 Å². The van der Waals surface area contributed by atoms with E-state index in [0.717, 1.165) is 57.9 Å². The van der Waals surface area contributed by atoms with Gasteiger partial charge in [-0.25, -0.2) is 18.2 Å². The maximum Gasteiger partial charge on any atom is 0.408 e. The summed E-state index contributed by atoms with van der Waals surface area (Å²) in [5, 5.41) is 6.59. The predicted octanol–water partition coefficient (Wildman–Crippen LogP) is 6.64. The smallest absolute Gasteiger partial charge is 0.408 e. The Morgan fingerprint density at radius 1 is 1.11 bits per heavy atom. The molecule has 4 amide bonds. The normalized spacial score (nSPS) is 26.1. The fraction of sp³-hybridized carbons (Fsp3) is 0.636. The third-order valence-electron chi connectivity index (χ3n) is 12.3. The van der Waals surface area contributed by atoms with E-state index in [-0.39, 0.29) is 25.4 Å². The summed E-state index contributed by atoms with van der Waals surface area (Å²) >= 11 is 1.63. The molecule has 0 radical (unpaired) electrons. The summed E-state index contributed by atoms with van der Waals surface area (Å²) in [5.74, 6) is -2.34. The minimum atomic E-state index is -4.00. The Hall–Kier alpha value is -4.51. The summed E-state index contributed by atoms with van der Waals surface area (Å²) < 4.78 is 42.1. The monoisotopic (exact) mass is 879 g/mol. The number of carbonyl (C=O) groups excluding carboxylic acids is 4. The van der Waals surface area contributed by atoms with Gasteiger partial charge in [0, 0.05) is 28.8 Å². The van der Waals surface area contributed by atoms with E-state index in [1.807, 2.05) is 48.8 Å². The number of hydrogen-bond acceptors (Lipinski definition) is 11. The molecule has 1 saturated heterocycles. The number of fused-ring (bicyclic) bond motifs is 3. The fourth-order valence-electron chi connectivity index (χ4n) is 8.41. The standard InChI is InChI=1S/C44H61N7O8S2/c1-9-16-31-27(4)60-37(45-31)30-18-15-20-33-35(30)47-40(51(33)26(2)3)58-29-23-34-36(52)48-44(39(54)49-61(56,57)43(8)21-22-43)24-28(44)17-13-11-10-12-14-19-32(38(53)50(34)25-29)46-41(55)59-42(5,6)7/h13,15,17-18,20,26,28-29,32,34H,9-12,14,16,19,21-25H2,1-8H3,(H,46,55)(H,48,52)(H,49,54)/b17-13-/t28-,29-,32+,34+,44-/m1/s1. The van der Waals surface area contributed by atoms with Crippen LogP contribution in [0.3, 0.4) is 0 Å². The van der Waals surface area contributed by atoms with Crippen molar-refractivity contribution < 1.29 is 37.1 Å². The Kier molecular flexibility index (Phi) is 12.4. The number of allylic oxidation sites excluding steroid dienone is 1. The van der Waals surface area contributed by atoms with Gasteiger partial charge in [0.05, 0.1) is 22.5 Å². The highest BCUT2D eigenvalue weighted by Gasteiger charge is 2.63. The zero-order chi connectivity index (χ0) is 44.1. The number of sulfonamides is 1. The summed E-state index contributed by atoms with van der Waals surface area (Å²) in [6.45, 7) is 15.1. The summed E-state index contributed by atoms with van der Waals surface area (Å²) in [4.78, 5) is 69.1. The van der Waals surface area contributed by atoms with Crippen molar-refractivity contribution >= 4 is 56.2 Å². The highest BCUT2D eigenvalue weighted by Crippen LogP contribution is 2.48. The Labute approximate surface area is 362 Å². The Balaban J connectivity index is 1.23. The van der Waals surface area contributed by atoms with Crippen molar-refractivity contribution in [3.05, 3.63) is 40.9 Å². The van der Waals surface area contributed by atoms with Crippen LogP contribution in [0.15, 0.2) is 30.4 Å². The van der Waals surface area contributed by atoms with E-state index in [1.165, 1.54) is 4.90 Å². The lowest BCUT2D eigenvalue weighted by atomic mass is 10.0. The van der Waals surface area contributed by atoms with Crippen LogP contribution >= 0.6 is 11.3 Å². The van der Waals surface area contributed by atoms with Crippen LogP contribution in [0.4, 0.5) is 4.79 Å². The van der Waals surface area contributed by atoms with Gasteiger partial charge in [0.25, 0.3) is 11.9 Å². The third kappa shape index (κ3) is 9.32. The van der Waals surface area contributed by atoms with Crippen LogP contribution in [-0.4, -0.2) is 92.3 Å². The van der Waals surface area contributed by atoms with E-state index < -0.39 is 73.8 Å². The van der Waals surface area contributed by atoms with Crippen molar-refractivity contribution in [2.24, 2.45) is 5.92 Å². The van der Waals surface area contributed by atoms with E-state index in [4.69, 9.17) is 19.4 Å². The number of imidazole rings is 1. The van der Waals surface area contributed by atoms with E-state index in [9.17, 15) is 27.6 Å². The zero-order valence-corrected chi connectivity index (χ0v) is 38.3. The molecular weight excluding hydrogens is 819 g/mol. The third-order valence-corrected chi connectivity index (χ3v) is 15.5. The molecule has 4 aliphatic rings. The molecule has 332 valence electrons. The van der Waals surface area contributed by atoms with E-state index in [1.54, 1.807) is 39.0 Å². The van der Waals surface area contributed by atoms with Gasteiger partial charge in [-0.1, -0.05) is 44.4 Å². The molecule has 2 aliphatic heterocycles. The van der Waals surface area contributed by atoms with Crippen molar-refractivity contribution in [2.75, 3.05) is 6.54 Å². The number of aromatic nitrogens is 3. The van der Waals surface area contributed by atoms with Gasteiger partial charge in [-0.15, -0.1) is 11.3 Å². The lowest BCUT2D eigenvalue weighted by Crippen LogP contribution is -2.58. The molecule has 3 N–H and O–H groups in total. The number of alkyl carbamates (subject to hydrolysis) is 1. The Morgan fingerprint density at radius 3 is 2.56 bits per heavy atom. The largest absolute Gasteiger partial charge is 0.459 e. The molecule has 2 aliphatic carbocycles. The van der Waals surface area contributed by atoms with Crippen LogP contribution < -0.4 is 20.1 Å². The number of carbonyl (C=O) groups is 4. The number of nitrogens with one attached hydrogen (secondary N) is 3. The minimum absolute atomic E-state index is 0.0150. The molecule has 61 heavy (non-hydrogen) atoms. The molecule has 3 aromatic rings. The van der Waals surface area contributed by atoms with Crippen LogP contribution in [0.25, 0.3) is 21.6 Å². The molecule has 7 rings (SSSR count). The number of thiazole rings is 1. The molecule has 1 aromatic carbocycles. The number of ether oxygens (including phenoxy) is 2.